The van der Waals surface area contributed by atoms with Crippen molar-refractivity contribution >= 4 is 17.8 Å². The molecule has 0 saturated heterocycles. The number of carbonyl (C=O) groups excluding carboxylic acids is 1. The van der Waals surface area contributed by atoms with Crippen LogP contribution < -0.4 is 4.74 Å². The summed E-state index contributed by atoms with van der Waals surface area (Å²) < 4.78 is 5.11. The minimum absolute atomic E-state index is 0.156. The number of carbonyl (C=O) groups is 2. The quantitative estimate of drug-likeness (QED) is 0.675. The van der Waals surface area contributed by atoms with E-state index in [4.69, 9.17) is 9.84 Å². The summed E-state index contributed by atoms with van der Waals surface area (Å²) >= 11 is 0. The van der Waals surface area contributed by atoms with Gasteiger partial charge in [0.15, 0.2) is 5.78 Å². The normalized spacial score (nSPS) is 10.5. The molecule has 2 aromatic rings. The number of benzene rings is 2. The molecule has 0 heterocycles. The Bertz CT molecular complexity index is 684. The lowest BCUT2D eigenvalue weighted by Gasteiger charge is -2.00. The molecular weight excluding hydrogens is 268 g/mol. The maximum absolute atomic E-state index is 12.0. The van der Waals surface area contributed by atoms with E-state index in [1.165, 1.54) is 30.3 Å². The summed E-state index contributed by atoms with van der Waals surface area (Å²) in [6.45, 7) is 0. The first kappa shape index (κ1) is 14.5. The van der Waals surface area contributed by atoms with Crippen molar-refractivity contribution in [3.8, 4) is 5.75 Å². The Hall–Kier alpha value is -2.88. The molecule has 0 spiro atoms. The van der Waals surface area contributed by atoms with E-state index in [0.717, 1.165) is 11.3 Å². The van der Waals surface area contributed by atoms with Gasteiger partial charge in [-0.2, -0.15) is 0 Å². The largest absolute Gasteiger partial charge is 0.497 e. The molecule has 0 bridgehead atoms. The molecule has 0 aromatic heterocycles. The van der Waals surface area contributed by atoms with Gasteiger partial charge < -0.3 is 9.84 Å². The summed E-state index contributed by atoms with van der Waals surface area (Å²) in [4.78, 5) is 22.7. The molecule has 4 heteroatoms. The lowest BCUT2D eigenvalue weighted by atomic mass is 10.1. The molecule has 0 aliphatic heterocycles. The van der Waals surface area contributed by atoms with Gasteiger partial charge in [0.1, 0.15) is 5.75 Å². The summed E-state index contributed by atoms with van der Waals surface area (Å²) in [5.41, 5.74) is 1.45. The molecule has 0 atom stereocenters. The van der Waals surface area contributed by atoms with E-state index in [1.54, 1.807) is 13.2 Å². The number of carboxylic acids is 1. The third-order valence-corrected chi connectivity index (χ3v) is 2.94. The lowest BCUT2D eigenvalue weighted by Crippen LogP contribution is -1.98. The molecule has 2 rings (SSSR count). The number of rotatable bonds is 5. The Morgan fingerprint density at radius 3 is 2.33 bits per heavy atom. The first-order valence-electron chi connectivity index (χ1n) is 6.30. The second-order valence-corrected chi connectivity index (χ2v) is 4.36. The number of hydrogen-bond acceptors (Lipinski definition) is 3. The predicted molar refractivity (Wildman–Crippen MR) is 79.8 cm³/mol. The SMILES string of the molecule is COc1cccc(C=CC(=O)c2ccc(C(=O)O)cc2)c1. The van der Waals surface area contributed by atoms with Gasteiger partial charge in [0.05, 0.1) is 12.7 Å². The highest BCUT2D eigenvalue weighted by Crippen LogP contribution is 2.14. The molecule has 0 fully saturated rings. The Morgan fingerprint density at radius 1 is 1.05 bits per heavy atom. The lowest BCUT2D eigenvalue weighted by molar-refractivity contribution is 0.0696. The number of hydrogen-bond donors (Lipinski definition) is 1. The van der Waals surface area contributed by atoms with Crippen molar-refractivity contribution in [2.24, 2.45) is 0 Å². The van der Waals surface area contributed by atoms with Gasteiger partial charge in [-0.3, -0.25) is 4.79 Å². The fraction of sp³-hybridized carbons (Fsp3) is 0.0588. The minimum atomic E-state index is -1.01. The standard InChI is InChI=1S/C17H14O4/c1-21-15-4-2-3-12(11-15)5-10-16(18)13-6-8-14(9-7-13)17(19)20/h2-11H,1H3,(H,19,20). The summed E-state index contributed by atoms with van der Waals surface area (Å²) in [6, 6.07) is 13.2. The minimum Gasteiger partial charge on any atom is -0.497 e. The van der Waals surface area contributed by atoms with Crippen LogP contribution in [0, 0.1) is 0 Å². The van der Waals surface area contributed by atoms with E-state index in [0.29, 0.717) is 5.56 Å². The summed E-state index contributed by atoms with van der Waals surface area (Å²) in [7, 11) is 1.58. The van der Waals surface area contributed by atoms with Gasteiger partial charge in [-0.25, -0.2) is 4.79 Å². The van der Waals surface area contributed by atoms with Gasteiger partial charge in [-0.05, 0) is 35.9 Å². The molecule has 2 aromatic carbocycles. The highest BCUT2D eigenvalue weighted by atomic mass is 16.5. The van der Waals surface area contributed by atoms with Crippen LogP contribution in [0.3, 0.4) is 0 Å². The van der Waals surface area contributed by atoms with Crippen molar-refractivity contribution in [2.45, 2.75) is 0 Å². The van der Waals surface area contributed by atoms with Crippen LogP contribution in [0.5, 0.6) is 5.75 Å². The zero-order valence-electron chi connectivity index (χ0n) is 11.4. The molecule has 1 N–H and O–H groups in total. The number of methoxy groups -OCH3 is 1. The second-order valence-electron chi connectivity index (χ2n) is 4.36. The van der Waals surface area contributed by atoms with Gasteiger partial charge in [-0.1, -0.05) is 30.3 Å². The first-order valence-corrected chi connectivity index (χ1v) is 6.30. The third-order valence-electron chi connectivity index (χ3n) is 2.94. The van der Waals surface area contributed by atoms with Gasteiger partial charge in [0.2, 0.25) is 0 Å². The van der Waals surface area contributed by atoms with Gasteiger partial charge in [0, 0.05) is 5.56 Å². The molecule has 0 saturated carbocycles. The molecular formula is C17H14O4. The summed E-state index contributed by atoms with van der Waals surface area (Å²) in [5.74, 6) is -0.480. The summed E-state index contributed by atoms with van der Waals surface area (Å²) in [6.07, 6.45) is 3.14. The van der Waals surface area contributed by atoms with Crippen molar-refractivity contribution in [3.63, 3.8) is 0 Å². The fourth-order valence-electron chi connectivity index (χ4n) is 1.79. The maximum Gasteiger partial charge on any atom is 0.335 e. The molecule has 4 nitrogen and oxygen atoms in total. The van der Waals surface area contributed by atoms with E-state index in [-0.39, 0.29) is 11.3 Å². The van der Waals surface area contributed by atoms with E-state index in [2.05, 4.69) is 0 Å². The van der Waals surface area contributed by atoms with Crippen LogP contribution in [0.15, 0.2) is 54.6 Å². The molecule has 0 amide bonds. The topological polar surface area (TPSA) is 63.6 Å². The zero-order chi connectivity index (χ0) is 15.2. The van der Waals surface area contributed by atoms with Gasteiger partial charge >= 0.3 is 5.97 Å². The van der Waals surface area contributed by atoms with E-state index >= 15 is 0 Å². The van der Waals surface area contributed by atoms with Crippen LogP contribution in [-0.2, 0) is 0 Å². The van der Waals surface area contributed by atoms with Crippen LogP contribution in [-0.4, -0.2) is 24.0 Å². The van der Waals surface area contributed by atoms with E-state index in [1.807, 2.05) is 24.3 Å². The van der Waals surface area contributed by atoms with Gasteiger partial charge in [-0.15, -0.1) is 0 Å². The van der Waals surface area contributed by atoms with Crippen molar-refractivity contribution in [1.29, 1.82) is 0 Å². The second kappa shape index (κ2) is 6.52. The number of carboxylic acid groups (broad SMARTS) is 1. The Balaban J connectivity index is 2.13. The zero-order valence-corrected chi connectivity index (χ0v) is 11.4. The predicted octanol–water partition coefficient (Wildman–Crippen LogP) is 3.29. The van der Waals surface area contributed by atoms with Crippen LogP contribution in [0.4, 0.5) is 0 Å². The highest BCUT2D eigenvalue weighted by molar-refractivity contribution is 6.07. The highest BCUT2D eigenvalue weighted by Gasteiger charge is 2.05. The smallest absolute Gasteiger partial charge is 0.335 e. The molecule has 106 valence electrons. The number of aromatic carboxylic acids is 1. The van der Waals surface area contributed by atoms with Crippen LogP contribution in [0.2, 0.25) is 0 Å². The Labute approximate surface area is 122 Å². The molecule has 0 aliphatic rings. The molecule has 0 radical (unpaired) electrons. The molecule has 0 unspecified atom stereocenters. The summed E-state index contributed by atoms with van der Waals surface area (Å²) in [5, 5.41) is 8.80. The number of ether oxygens (including phenoxy) is 1. The molecule has 0 aliphatic carbocycles. The van der Waals surface area contributed by atoms with Crippen LogP contribution in [0.25, 0.3) is 6.08 Å². The third kappa shape index (κ3) is 3.79. The monoisotopic (exact) mass is 282 g/mol. The van der Waals surface area contributed by atoms with E-state index < -0.39 is 5.97 Å². The van der Waals surface area contributed by atoms with Crippen molar-refractivity contribution < 1.29 is 19.4 Å². The first-order chi connectivity index (χ1) is 10.1. The Kier molecular flexibility index (Phi) is 4.51. The fourth-order valence-corrected chi connectivity index (χ4v) is 1.79. The van der Waals surface area contributed by atoms with E-state index in [9.17, 15) is 9.59 Å². The number of ketones is 1. The maximum atomic E-state index is 12.0. The van der Waals surface area contributed by atoms with Crippen molar-refractivity contribution in [2.75, 3.05) is 7.11 Å². The van der Waals surface area contributed by atoms with Crippen molar-refractivity contribution in [3.05, 3.63) is 71.3 Å². The Morgan fingerprint density at radius 2 is 1.71 bits per heavy atom. The number of allylic oxidation sites excluding steroid dienone is 1. The van der Waals surface area contributed by atoms with Crippen molar-refractivity contribution in [1.82, 2.24) is 0 Å². The van der Waals surface area contributed by atoms with Gasteiger partial charge in [0.25, 0.3) is 0 Å². The van der Waals surface area contributed by atoms with Crippen LogP contribution in [0.1, 0.15) is 26.3 Å². The average molecular weight is 282 g/mol. The molecule has 21 heavy (non-hydrogen) atoms. The van der Waals surface area contributed by atoms with Crippen LogP contribution >= 0.6 is 0 Å². The average Bonchev–Trinajstić information content (AvgIpc) is 2.53.